The van der Waals surface area contributed by atoms with Crippen molar-refractivity contribution in [2.75, 3.05) is 5.75 Å². The van der Waals surface area contributed by atoms with Gasteiger partial charge in [-0.2, -0.15) is 0 Å². The van der Waals surface area contributed by atoms with E-state index in [1.165, 1.54) is 11.8 Å². The molecule has 2 heterocycles. The molecule has 0 saturated carbocycles. The quantitative estimate of drug-likeness (QED) is 0.620. The van der Waals surface area contributed by atoms with Crippen LogP contribution in [-0.2, 0) is 11.3 Å². The summed E-state index contributed by atoms with van der Waals surface area (Å²) in [6.45, 7) is 10.4. The molecule has 2 N–H and O–H groups in total. The Morgan fingerprint density at radius 2 is 2.12 bits per heavy atom. The molecule has 2 aromatic heterocycles. The minimum atomic E-state index is -0.269. The number of thioether (sulfide) groups is 1. The van der Waals surface area contributed by atoms with Crippen LogP contribution in [0.2, 0.25) is 0 Å². The highest BCUT2D eigenvalue weighted by Crippen LogP contribution is 2.19. The third-order valence-electron chi connectivity index (χ3n) is 3.42. The molecular weight excluding hydrogens is 324 g/mol. The minimum absolute atomic E-state index is 0.0610. The molecule has 6 nitrogen and oxygen atoms in total. The van der Waals surface area contributed by atoms with Crippen LogP contribution in [0.4, 0.5) is 0 Å². The number of unbranched alkanes of at least 4 members (excludes halogenated alkanes) is 1. The Morgan fingerprint density at radius 1 is 1.42 bits per heavy atom. The number of aromatic nitrogens is 3. The van der Waals surface area contributed by atoms with Crippen molar-refractivity contribution in [1.29, 1.82) is 0 Å². The zero-order valence-corrected chi connectivity index (χ0v) is 15.8. The third-order valence-corrected chi connectivity index (χ3v) is 4.40. The standard InChI is InChI=1S/C17H26N4O2S/c1-6-7-8-21-15(23)14-12(9-11(2)18-14)19-16(21)24-10-13(22)20-17(3,4)5/h9,18H,6-8,10H2,1-5H3,(H,20,22). The van der Waals surface area contributed by atoms with E-state index in [-0.39, 0.29) is 22.8 Å². The summed E-state index contributed by atoms with van der Waals surface area (Å²) in [6, 6.07) is 1.86. The van der Waals surface area contributed by atoms with Crippen LogP contribution in [0.1, 0.15) is 46.2 Å². The average molecular weight is 350 g/mol. The van der Waals surface area contributed by atoms with Gasteiger partial charge in [-0.05, 0) is 40.2 Å². The van der Waals surface area contributed by atoms with Gasteiger partial charge in [0.25, 0.3) is 5.56 Å². The number of rotatable bonds is 6. The SMILES string of the molecule is CCCCn1c(SCC(=O)NC(C)(C)C)nc2cc(C)[nH]c2c1=O. The first-order chi connectivity index (χ1) is 11.2. The van der Waals surface area contributed by atoms with E-state index in [9.17, 15) is 9.59 Å². The number of nitrogens with zero attached hydrogens (tertiary/aromatic N) is 2. The number of aromatic amines is 1. The fraction of sp³-hybridized carbons (Fsp3) is 0.588. The van der Waals surface area contributed by atoms with Crippen molar-refractivity contribution in [2.24, 2.45) is 0 Å². The highest BCUT2D eigenvalue weighted by atomic mass is 32.2. The van der Waals surface area contributed by atoms with Gasteiger partial charge in [-0.1, -0.05) is 25.1 Å². The molecule has 0 aliphatic heterocycles. The molecule has 0 aliphatic rings. The van der Waals surface area contributed by atoms with E-state index < -0.39 is 0 Å². The van der Waals surface area contributed by atoms with Gasteiger partial charge in [-0.15, -0.1) is 0 Å². The number of amides is 1. The molecule has 0 fully saturated rings. The molecule has 2 aromatic rings. The van der Waals surface area contributed by atoms with Crippen molar-refractivity contribution in [3.63, 3.8) is 0 Å². The van der Waals surface area contributed by atoms with Crippen molar-refractivity contribution < 1.29 is 4.79 Å². The van der Waals surface area contributed by atoms with Crippen LogP contribution < -0.4 is 10.9 Å². The summed E-state index contributed by atoms with van der Waals surface area (Å²) in [5.74, 6) is 0.180. The van der Waals surface area contributed by atoms with Crippen LogP contribution >= 0.6 is 11.8 Å². The van der Waals surface area contributed by atoms with Crippen molar-refractivity contribution in [3.05, 3.63) is 22.1 Å². The highest BCUT2D eigenvalue weighted by Gasteiger charge is 2.17. The van der Waals surface area contributed by atoms with Crippen molar-refractivity contribution in [3.8, 4) is 0 Å². The number of fused-ring (bicyclic) bond motifs is 1. The van der Waals surface area contributed by atoms with Crippen molar-refractivity contribution in [1.82, 2.24) is 19.9 Å². The number of hydrogen-bond donors (Lipinski definition) is 2. The Bertz CT molecular complexity index is 786. The molecule has 0 aromatic carbocycles. The number of nitrogens with one attached hydrogen (secondary N) is 2. The van der Waals surface area contributed by atoms with Gasteiger partial charge in [0.15, 0.2) is 5.16 Å². The summed E-state index contributed by atoms with van der Waals surface area (Å²) in [4.78, 5) is 32.5. The third kappa shape index (κ3) is 4.63. The molecule has 0 saturated heterocycles. The number of carbonyl (C=O) groups excluding carboxylic acids is 1. The van der Waals surface area contributed by atoms with Gasteiger partial charge in [0.1, 0.15) is 5.52 Å². The number of aryl methyl sites for hydroxylation is 1. The van der Waals surface area contributed by atoms with E-state index >= 15 is 0 Å². The van der Waals surface area contributed by atoms with E-state index in [1.807, 2.05) is 33.8 Å². The van der Waals surface area contributed by atoms with Gasteiger partial charge in [0.05, 0.1) is 11.3 Å². The van der Waals surface area contributed by atoms with Crippen LogP contribution in [-0.4, -0.2) is 31.7 Å². The van der Waals surface area contributed by atoms with Gasteiger partial charge < -0.3 is 10.3 Å². The minimum Gasteiger partial charge on any atom is -0.353 e. The average Bonchev–Trinajstić information content (AvgIpc) is 2.83. The van der Waals surface area contributed by atoms with Gasteiger partial charge in [0.2, 0.25) is 5.91 Å². The lowest BCUT2D eigenvalue weighted by atomic mass is 10.1. The van der Waals surface area contributed by atoms with Crippen LogP contribution in [0.15, 0.2) is 16.0 Å². The maximum absolute atomic E-state index is 12.7. The van der Waals surface area contributed by atoms with Gasteiger partial charge in [-0.3, -0.25) is 14.2 Å². The molecule has 0 unspecified atom stereocenters. The normalized spacial score (nSPS) is 11.9. The lowest BCUT2D eigenvalue weighted by Crippen LogP contribution is -2.41. The number of carbonyl (C=O) groups is 1. The lowest BCUT2D eigenvalue weighted by molar-refractivity contribution is -0.119. The molecule has 0 radical (unpaired) electrons. The second kappa shape index (κ2) is 7.42. The second-order valence-electron chi connectivity index (χ2n) is 7.00. The van der Waals surface area contributed by atoms with E-state index in [2.05, 4.69) is 22.2 Å². The summed E-state index contributed by atoms with van der Waals surface area (Å²) < 4.78 is 1.68. The molecular formula is C17H26N4O2S. The van der Waals surface area contributed by atoms with Gasteiger partial charge >= 0.3 is 0 Å². The number of H-pyrrole nitrogens is 1. The van der Waals surface area contributed by atoms with Crippen LogP contribution in [0.3, 0.4) is 0 Å². The zero-order valence-electron chi connectivity index (χ0n) is 15.0. The summed E-state index contributed by atoms with van der Waals surface area (Å²) in [5, 5.41) is 3.53. The first kappa shape index (κ1) is 18.6. The Labute approximate surface area is 146 Å². The maximum Gasteiger partial charge on any atom is 0.278 e. The smallest absolute Gasteiger partial charge is 0.278 e. The molecule has 0 atom stereocenters. The molecule has 132 valence electrons. The Morgan fingerprint density at radius 3 is 2.75 bits per heavy atom. The lowest BCUT2D eigenvalue weighted by Gasteiger charge is -2.20. The molecule has 0 aliphatic carbocycles. The molecule has 24 heavy (non-hydrogen) atoms. The van der Waals surface area contributed by atoms with Crippen LogP contribution in [0, 0.1) is 6.92 Å². The van der Waals surface area contributed by atoms with Crippen molar-refractivity contribution in [2.45, 2.75) is 64.7 Å². The first-order valence-corrected chi connectivity index (χ1v) is 9.24. The Kier molecular flexibility index (Phi) is 5.74. The molecule has 0 spiro atoms. The summed E-state index contributed by atoms with van der Waals surface area (Å²) in [6.07, 6.45) is 1.89. The first-order valence-electron chi connectivity index (χ1n) is 8.25. The van der Waals surface area contributed by atoms with Gasteiger partial charge in [-0.25, -0.2) is 4.98 Å². The molecule has 7 heteroatoms. The molecule has 2 rings (SSSR count). The van der Waals surface area contributed by atoms with Crippen LogP contribution in [0.5, 0.6) is 0 Å². The predicted octanol–water partition coefficient (Wildman–Crippen LogP) is 2.84. The fourth-order valence-electron chi connectivity index (χ4n) is 2.42. The highest BCUT2D eigenvalue weighted by molar-refractivity contribution is 7.99. The maximum atomic E-state index is 12.7. The zero-order chi connectivity index (χ0) is 17.9. The fourth-order valence-corrected chi connectivity index (χ4v) is 3.24. The Hall–Kier alpha value is -1.76. The van der Waals surface area contributed by atoms with E-state index in [0.717, 1.165) is 18.5 Å². The second-order valence-corrected chi connectivity index (χ2v) is 7.95. The number of hydrogen-bond acceptors (Lipinski definition) is 4. The van der Waals surface area contributed by atoms with Crippen LogP contribution in [0.25, 0.3) is 11.0 Å². The van der Waals surface area contributed by atoms with E-state index in [4.69, 9.17) is 0 Å². The summed E-state index contributed by atoms with van der Waals surface area (Å²) >= 11 is 1.31. The largest absolute Gasteiger partial charge is 0.353 e. The monoisotopic (exact) mass is 350 g/mol. The Balaban J connectivity index is 2.29. The predicted molar refractivity (Wildman–Crippen MR) is 98.6 cm³/mol. The topological polar surface area (TPSA) is 79.8 Å². The summed E-state index contributed by atoms with van der Waals surface area (Å²) in [5.41, 5.74) is 1.76. The van der Waals surface area contributed by atoms with E-state index in [1.54, 1.807) is 4.57 Å². The van der Waals surface area contributed by atoms with Gasteiger partial charge in [0, 0.05) is 17.8 Å². The summed E-state index contributed by atoms with van der Waals surface area (Å²) in [7, 11) is 0. The van der Waals surface area contributed by atoms with Crippen molar-refractivity contribution >= 4 is 28.7 Å². The molecule has 1 amide bonds. The molecule has 0 bridgehead atoms. The van der Waals surface area contributed by atoms with E-state index in [0.29, 0.717) is 22.7 Å².